The molecule has 1 heterocycles. The first-order chi connectivity index (χ1) is 14.8. The summed E-state index contributed by atoms with van der Waals surface area (Å²) in [7, 11) is -3.04. The maximum absolute atomic E-state index is 15.1. The van der Waals surface area contributed by atoms with Crippen molar-refractivity contribution < 1.29 is 4.57 Å². The second-order valence-electron chi connectivity index (χ2n) is 7.72. The molecule has 0 bridgehead atoms. The smallest absolute Gasteiger partial charge is 0.172 e. The summed E-state index contributed by atoms with van der Waals surface area (Å²) in [5, 5.41) is 5.09. The van der Waals surface area contributed by atoms with E-state index < -0.39 is 7.14 Å². The van der Waals surface area contributed by atoms with Crippen molar-refractivity contribution in [1.82, 2.24) is 0 Å². The van der Waals surface area contributed by atoms with Gasteiger partial charge in [-0.1, -0.05) is 103 Å². The maximum atomic E-state index is 15.1. The Hall–Kier alpha value is -3.41. The van der Waals surface area contributed by atoms with Gasteiger partial charge in [-0.15, -0.1) is 0 Å². The number of benzene rings is 5. The molecule has 0 saturated heterocycles. The molecule has 30 heavy (non-hydrogen) atoms. The Balaban J connectivity index is 1.83. The van der Waals surface area contributed by atoms with E-state index in [0.717, 1.165) is 38.2 Å². The molecule has 5 aromatic rings. The van der Waals surface area contributed by atoms with E-state index >= 15 is 4.57 Å². The monoisotopic (exact) mass is 402 g/mol. The van der Waals surface area contributed by atoms with E-state index in [0.29, 0.717) is 0 Å². The van der Waals surface area contributed by atoms with Crippen LogP contribution in [0.3, 0.4) is 0 Å². The number of hydrogen-bond donors (Lipinski definition) is 0. The van der Waals surface area contributed by atoms with Gasteiger partial charge < -0.3 is 4.57 Å². The van der Waals surface area contributed by atoms with Gasteiger partial charge in [0.1, 0.15) is 0 Å². The second kappa shape index (κ2) is 6.55. The Morgan fingerprint density at radius 2 is 0.867 bits per heavy atom. The van der Waals surface area contributed by atoms with E-state index in [1.165, 1.54) is 10.8 Å². The highest BCUT2D eigenvalue weighted by Crippen LogP contribution is 2.51. The zero-order valence-electron chi connectivity index (χ0n) is 16.3. The molecular weight excluding hydrogens is 383 g/mol. The molecule has 142 valence electrons. The van der Waals surface area contributed by atoms with Gasteiger partial charge in [-0.2, -0.15) is 0 Å². The lowest BCUT2D eigenvalue weighted by atomic mass is 9.91. The molecular formula is C28H19OP. The second-order valence-corrected chi connectivity index (χ2v) is 10.4. The van der Waals surface area contributed by atoms with Crippen molar-refractivity contribution in [2.24, 2.45) is 0 Å². The van der Waals surface area contributed by atoms with Gasteiger partial charge in [0.05, 0.1) is 0 Å². The standard InChI is InChI=1S/C28H19OP/c29-30(22-12-2-1-3-13-22)27-16-8-6-14-23(27)25-18-20-10-4-5-11-21(20)19-26(25)24-15-7-9-17-28(24)30/h1-19H. The third kappa shape index (κ3) is 2.39. The molecule has 0 unspecified atom stereocenters. The largest absolute Gasteiger partial charge is 0.309 e. The van der Waals surface area contributed by atoms with Crippen LogP contribution in [-0.2, 0) is 4.57 Å². The van der Waals surface area contributed by atoms with Crippen molar-refractivity contribution in [2.75, 3.05) is 0 Å². The zero-order valence-corrected chi connectivity index (χ0v) is 17.2. The highest BCUT2D eigenvalue weighted by Gasteiger charge is 2.37. The molecule has 0 fully saturated rings. The summed E-state index contributed by atoms with van der Waals surface area (Å²) in [6.07, 6.45) is 0. The SMILES string of the molecule is O=P1(c2ccccc2)c2ccccc2-c2cc3ccccc3cc2-c2ccccc21. The normalized spacial score (nSPS) is 13.7. The topological polar surface area (TPSA) is 17.1 Å². The van der Waals surface area contributed by atoms with Gasteiger partial charge in [0, 0.05) is 15.9 Å². The number of fused-ring (bicyclic) bond motifs is 6. The lowest BCUT2D eigenvalue weighted by Crippen LogP contribution is -2.26. The van der Waals surface area contributed by atoms with E-state index in [4.69, 9.17) is 0 Å². The van der Waals surface area contributed by atoms with Crippen molar-refractivity contribution in [1.29, 1.82) is 0 Å². The van der Waals surface area contributed by atoms with Gasteiger partial charge in [0.2, 0.25) is 0 Å². The molecule has 0 aliphatic carbocycles. The fourth-order valence-corrected chi connectivity index (χ4v) is 7.75. The van der Waals surface area contributed by atoms with Crippen LogP contribution in [0.5, 0.6) is 0 Å². The molecule has 1 aliphatic heterocycles. The van der Waals surface area contributed by atoms with Crippen molar-refractivity contribution >= 4 is 33.8 Å². The summed E-state index contributed by atoms with van der Waals surface area (Å²) in [4.78, 5) is 0. The van der Waals surface area contributed by atoms with Crippen molar-refractivity contribution in [2.45, 2.75) is 0 Å². The molecule has 0 amide bonds. The summed E-state index contributed by atoms with van der Waals surface area (Å²) in [6.45, 7) is 0. The summed E-state index contributed by atoms with van der Waals surface area (Å²) in [6, 6.07) is 39.3. The van der Waals surface area contributed by atoms with Crippen LogP contribution in [0.2, 0.25) is 0 Å². The predicted octanol–water partition coefficient (Wildman–Crippen LogP) is 6.13. The Kier molecular flexibility index (Phi) is 3.81. The molecule has 2 heteroatoms. The van der Waals surface area contributed by atoms with Gasteiger partial charge in [0.25, 0.3) is 0 Å². The minimum absolute atomic E-state index is 0.877. The van der Waals surface area contributed by atoms with E-state index in [2.05, 4.69) is 48.5 Å². The van der Waals surface area contributed by atoms with Crippen LogP contribution in [0.25, 0.3) is 33.0 Å². The molecule has 0 aromatic heterocycles. The molecule has 1 aliphatic rings. The molecule has 1 nitrogen and oxygen atoms in total. The summed E-state index contributed by atoms with van der Waals surface area (Å²) in [5.74, 6) is 0. The Morgan fingerprint density at radius 1 is 0.433 bits per heavy atom. The molecule has 0 N–H and O–H groups in total. The van der Waals surface area contributed by atoms with Crippen molar-refractivity contribution in [3.05, 3.63) is 115 Å². The maximum Gasteiger partial charge on any atom is 0.172 e. The third-order valence-corrected chi connectivity index (χ3v) is 9.23. The van der Waals surface area contributed by atoms with Crippen LogP contribution in [0.1, 0.15) is 0 Å². The molecule has 5 aromatic carbocycles. The Morgan fingerprint density at radius 3 is 1.40 bits per heavy atom. The first-order valence-electron chi connectivity index (χ1n) is 10.2. The van der Waals surface area contributed by atoms with E-state index in [-0.39, 0.29) is 0 Å². The van der Waals surface area contributed by atoms with Crippen LogP contribution < -0.4 is 15.9 Å². The number of hydrogen-bond acceptors (Lipinski definition) is 1. The summed E-state index contributed by atoms with van der Waals surface area (Å²) >= 11 is 0. The molecule has 0 saturated carbocycles. The molecule has 0 radical (unpaired) electrons. The van der Waals surface area contributed by atoms with Gasteiger partial charge in [-0.3, -0.25) is 0 Å². The lowest BCUT2D eigenvalue weighted by molar-refractivity contribution is 0.592. The van der Waals surface area contributed by atoms with E-state index in [1.54, 1.807) is 0 Å². The zero-order chi connectivity index (χ0) is 20.1. The van der Waals surface area contributed by atoms with Gasteiger partial charge in [-0.25, -0.2) is 0 Å². The van der Waals surface area contributed by atoms with E-state index in [1.807, 2.05) is 66.7 Å². The van der Waals surface area contributed by atoms with Crippen LogP contribution >= 0.6 is 7.14 Å². The van der Waals surface area contributed by atoms with Gasteiger partial charge >= 0.3 is 0 Å². The van der Waals surface area contributed by atoms with E-state index in [9.17, 15) is 0 Å². The van der Waals surface area contributed by atoms with Crippen molar-refractivity contribution in [3.63, 3.8) is 0 Å². The lowest BCUT2D eigenvalue weighted by Gasteiger charge is -2.21. The fraction of sp³-hybridized carbons (Fsp3) is 0. The minimum Gasteiger partial charge on any atom is -0.309 e. The summed E-state index contributed by atoms with van der Waals surface area (Å²) < 4.78 is 15.1. The first-order valence-corrected chi connectivity index (χ1v) is 11.9. The van der Waals surface area contributed by atoms with Gasteiger partial charge in [-0.05, 0) is 45.2 Å². The van der Waals surface area contributed by atoms with Crippen LogP contribution in [0, 0.1) is 0 Å². The number of rotatable bonds is 1. The highest BCUT2D eigenvalue weighted by molar-refractivity contribution is 7.85. The average molecular weight is 402 g/mol. The third-order valence-electron chi connectivity index (χ3n) is 6.07. The quantitative estimate of drug-likeness (QED) is 0.303. The Labute approximate surface area is 176 Å². The fourth-order valence-electron chi connectivity index (χ4n) is 4.68. The summed E-state index contributed by atoms with van der Waals surface area (Å²) in [5.41, 5.74) is 4.40. The van der Waals surface area contributed by atoms with Crippen LogP contribution in [-0.4, -0.2) is 0 Å². The van der Waals surface area contributed by atoms with Gasteiger partial charge in [0.15, 0.2) is 7.14 Å². The minimum atomic E-state index is -3.04. The average Bonchev–Trinajstić information content (AvgIpc) is 2.91. The molecule has 0 atom stereocenters. The highest BCUT2D eigenvalue weighted by atomic mass is 31.2. The van der Waals surface area contributed by atoms with Crippen LogP contribution in [0.4, 0.5) is 0 Å². The Bertz CT molecular complexity index is 1380. The predicted molar refractivity (Wildman–Crippen MR) is 128 cm³/mol. The molecule has 6 rings (SSSR count). The first kappa shape index (κ1) is 17.4. The molecule has 0 spiro atoms. The van der Waals surface area contributed by atoms with Crippen LogP contribution in [0.15, 0.2) is 115 Å². The van der Waals surface area contributed by atoms with Crippen molar-refractivity contribution in [3.8, 4) is 22.3 Å².